The number of carbonyl (C=O) groups is 4. The van der Waals surface area contributed by atoms with Crippen LogP contribution in [-0.2, 0) is 9.59 Å². The highest BCUT2D eigenvalue weighted by molar-refractivity contribution is 5.98. The van der Waals surface area contributed by atoms with Crippen molar-refractivity contribution >= 4 is 23.9 Å². The van der Waals surface area contributed by atoms with Gasteiger partial charge in [-0.3, -0.25) is 14.4 Å². The van der Waals surface area contributed by atoms with Gasteiger partial charge in [0.2, 0.25) is 5.91 Å². The topological polar surface area (TPSA) is 140 Å². The number of pyridine rings is 1. The average Bonchev–Trinajstić information content (AvgIpc) is 2.95. The van der Waals surface area contributed by atoms with Gasteiger partial charge >= 0.3 is 12.1 Å². The number of aliphatic carboxylic acids is 1. The lowest BCUT2D eigenvalue weighted by atomic mass is 10.0. The molecule has 1 unspecified atom stereocenters. The van der Waals surface area contributed by atoms with Gasteiger partial charge in [0.15, 0.2) is 0 Å². The van der Waals surface area contributed by atoms with E-state index in [9.17, 15) is 29.4 Å². The van der Waals surface area contributed by atoms with Crippen molar-refractivity contribution in [3.63, 3.8) is 0 Å². The molecule has 1 aliphatic rings. The number of carboxylic acid groups (broad SMARTS) is 2. The van der Waals surface area contributed by atoms with E-state index in [1.54, 1.807) is 13.0 Å². The summed E-state index contributed by atoms with van der Waals surface area (Å²) in [6, 6.07) is 20.9. The number of aromatic nitrogens is 1. The summed E-state index contributed by atoms with van der Waals surface area (Å²) < 4.78 is 0. The molecule has 202 valence electrons. The fourth-order valence-corrected chi connectivity index (χ4v) is 4.62. The summed E-state index contributed by atoms with van der Waals surface area (Å²) >= 11 is 0. The molecule has 2 atom stereocenters. The maximum atomic E-state index is 13.5. The summed E-state index contributed by atoms with van der Waals surface area (Å²) in [4.78, 5) is 56.9. The van der Waals surface area contributed by atoms with E-state index < -0.39 is 36.0 Å². The summed E-state index contributed by atoms with van der Waals surface area (Å²) in [5.41, 5.74) is 3.13. The molecule has 1 aromatic heterocycles. The first-order valence-corrected chi connectivity index (χ1v) is 12.7. The fourth-order valence-electron chi connectivity index (χ4n) is 4.62. The average molecular weight is 531 g/mol. The van der Waals surface area contributed by atoms with E-state index in [0.717, 1.165) is 16.7 Å². The normalized spacial score (nSPS) is 15.9. The molecule has 39 heavy (non-hydrogen) atoms. The highest BCUT2D eigenvalue weighted by Crippen LogP contribution is 2.26. The van der Waals surface area contributed by atoms with Gasteiger partial charge < -0.3 is 25.3 Å². The number of carboxylic acids is 1. The van der Waals surface area contributed by atoms with Crippen LogP contribution in [0.5, 0.6) is 0 Å². The summed E-state index contributed by atoms with van der Waals surface area (Å²) in [5.74, 6) is -2.16. The number of nitrogens with one attached hydrogen (secondary N) is 1. The third-order valence-electron chi connectivity index (χ3n) is 6.67. The zero-order valence-corrected chi connectivity index (χ0v) is 21.5. The van der Waals surface area contributed by atoms with E-state index in [-0.39, 0.29) is 38.2 Å². The molecule has 1 fully saturated rings. The fraction of sp³-hybridized carbons (Fsp3) is 0.276. The molecule has 3 amide bonds. The first kappa shape index (κ1) is 27.3. The minimum atomic E-state index is -1.12. The van der Waals surface area contributed by atoms with E-state index in [4.69, 9.17) is 0 Å². The second kappa shape index (κ2) is 12.2. The first-order valence-electron chi connectivity index (χ1n) is 12.7. The van der Waals surface area contributed by atoms with Crippen molar-refractivity contribution in [2.24, 2.45) is 0 Å². The van der Waals surface area contributed by atoms with Crippen molar-refractivity contribution in [2.75, 3.05) is 19.6 Å². The lowest BCUT2D eigenvalue weighted by Crippen LogP contribution is -2.59. The molecule has 10 heteroatoms. The number of hydrogen-bond acceptors (Lipinski definition) is 5. The predicted molar refractivity (Wildman–Crippen MR) is 144 cm³/mol. The highest BCUT2D eigenvalue weighted by Gasteiger charge is 2.34. The molecule has 3 N–H and O–H groups in total. The smallest absolute Gasteiger partial charge is 0.407 e. The SMILES string of the molecule is CC1CN(C(=O)O)CCN1C(=O)[C@H](CCC(=O)O)NC(=O)c1cc(-c2ccccc2)cc(-c2ccccc2)n1. The molecule has 0 spiro atoms. The standard InChI is InChI=1S/C29H30N4O6/c1-19-18-32(29(38)39)14-15-33(19)28(37)23(12-13-26(34)35)31-27(36)25-17-22(20-8-4-2-5-9-20)16-24(30-25)21-10-6-3-7-11-21/h2-11,16-17,19,23H,12-15,18H2,1H3,(H,31,36)(H,34,35)(H,38,39)/t19?,23-/m0/s1. The Balaban J connectivity index is 1.63. The molecule has 0 saturated carbocycles. The molecule has 2 heterocycles. The number of hydrogen-bond donors (Lipinski definition) is 3. The van der Waals surface area contributed by atoms with Gasteiger partial charge in [0.05, 0.1) is 5.69 Å². The Morgan fingerprint density at radius 1 is 0.923 bits per heavy atom. The zero-order chi connectivity index (χ0) is 27.9. The van der Waals surface area contributed by atoms with Crippen molar-refractivity contribution in [1.29, 1.82) is 0 Å². The summed E-state index contributed by atoms with van der Waals surface area (Å²) in [6.07, 6.45) is -1.51. The van der Waals surface area contributed by atoms with Crippen LogP contribution in [0.25, 0.3) is 22.4 Å². The van der Waals surface area contributed by atoms with Crippen LogP contribution in [0.1, 0.15) is 30.3 Å². The van der Waals surface area contributed by atoms with Gasteiger partial charge in [-0.25, -0.2) is 9.78 Å². The van der Waals surface area contributed by atoms with E-state index >= 15 is 0 Å². The molecule has 3 aromatic rings. The number of rotatable bonds is 8. The molecule has 0 bridgehead atoms. The second-order valence-corrected chi connectivity index (χ2v) is 9.43. The molecule has 10 nitrogen and oxygen atoms in total. The third kappa shape index (κ3) is 6.78. The molecule has 0 aliphatic carbocycles. The minimum Gasteiger partial charge on any atom is -0.481 e. The maximum absolute atomic E-state index is 13.5. The van der Waals surface area contributed by atoms with E-state index in [0.29, 0.717) is 5.69 Å². The molecular formula is C29H30N4O6. The monoisotopic (exact) mass is 530 g/mol. The van der Waals surface area contributed by atoms with Crippen LogP contribution in [0, 0.1) is 0 Å². The lowest BCUT2D eigenvalue weighted by molar-refractivity contribution is -0.139. The summed E-state index contributed by atoms with van der Waals surface area (Å²) in [5, 5.41) is 21.3. The van der Waals surface area contributed by atoms with Gasteiger partial charge in [-0.2, -0.15) is 0 Å². The Hall–Kier alpha value is -4.73. The van der Waals surface area contributed by atoms with Crippen LogP contribution in [0.2, 0.25) is 0 Å². The van der Waals surface area contributed by atoms with Crippen molar-refractivity contribution < 1.29 is 29.4 Å². The van der Waals surface area contributed by atoms with Crippen LogP contribution >= 0.6 is 0 Å². The molecule has 1 aliphatic heterocycles. The second-order valence-electron chi connectivity index (χ2n) is 9.43. The van der Waals surface area contributed by atoms with Crippen LogP contribution in [0.4, 0.5) is 4.79 Å². The van der Waals surface area contributed by atoms with Gasteiger partial charge in [-0.1, -0.05) is 60.7 Å². The Morgan fingerprint density at radius 2 is 1.56 bits per heavy atom. The highest BCUT2D eigenvalue weighted by atomic mass is 16.4. The molecule has 1 saturated heterocycles. The van der Waals surface area contributed by atoms with Crippen LogP contribution in [-0.4, -0.2) is 80.6 Å². The number of piperazine rings is 1. The van der Waals surface area contributed by atoms with Gasteiger partial charge in [-0.15, -0.1) is 0 Å². The minimum absolute atomic E-state index is 0.0899. The van der Waals surface area contributed by atoms with E-state index in [1.165, 1.54) is 9.80 Å². The van der Waals surface area contributed by atoms with Crippen LogP contribution in [0.3, 0.4) is 0 Å². The predicted octanol–water partition coefficient (Wildman–Crippen LogP) is 3.59. The molecule has 4 rings (SSSR count). The number of benzene rings is 2. The first-order chi connectivity index (χ1) is 18.7. The van der Waals surface area contributed by atoms with Crippen LogP contribution in [0.15, 0.2) is 72.8 Å². The third-order valence-corrected chi connectivity index (χ3v) is 6.67. The number of nitrogens with zero attached hydrogens (tertiary/aromatic N) is 3. The number of carbonyl (C=O) groups excluding carboxylic acids is 2. The van der Waals surface area contributed by atoms with Gasteiger partial charge in [-0.05, 0) is 36.6 Å². The molecule has 2 aromatic carbocycles. The van der Waals surface area contributed by atoms with Crippen molar-refractivity contribution in [1.82, 2.24) is 20.1 Å². The Labute approximate surface area is 225 Å². The van der Waals surface area contributed by atoms with Gasteiger partial charge in [0.1, 0.15) is 11.7 Å². The van der Waals surface area contributed by atoms with Crippen LogP contribution < -0.4 is 5.32 Å². The van der Waals surface area contributed by atoms with Crippen molar-refractivity contribution in [3.05, 3.63) is 78.5 Å². The Morgan fingerprint density at radius 3 is 2.15 bits per heavy atom. The molecule has 0 radical (unpaired) electrons. The Kier molecular flexibility index (Phi) is 8.55. The quantitative estimate of drug-likeness (QED) is 0.404. The van der Waals surface area contributed by atoms with Crippen molar-refractivity contribution in [2.45, 2.75) is 31.8 Å². The lowest BCUT2D eigenvalue weighted by Gasteiger charge is -2.40. The Bertz CT molecular complexity index is 1290. The summed E-state index contributed by atoms with van der Waals surface area (Å²) in [7, 11) is 0. The van der Waals surface area contributed by atoms with Gasteiger partial charge in [0.25, 0.3) is 5.91 Å². The van der Waals surface area contributed by atoms with Crippen molar-refractivity contribution in [3.8, 4) is 22.4 Å². The largest absolute Gasteiger partial charge is 0.481 e. The summed E-state index contributed by atoms with van der Waals surface area (Å²) in [6.45, 7) is 2.12. The van der Waals surface area contributed by atoms with E-state index in [1.807, 2.05) is 66.7 Å². The maximum Gasteiger partial charge on any atom is 0.407 e. The zero-order valence-electron chi connectivity index (χ0n) is 21.5. The molecular weight excluding hydrogens is 500 g/mol. The van der Waals surface area contributed by atoms with E-state index in [2.05, 4.69) is 10.3 Å². The van der Waals surface area contributed by atoms with Gasteiger partial charge in [0, 0.05) is 37.7 Å². The number of amides is 3.